The summed E-state index contributed by atoms with van der Waals surface area (Å²) in [4.78, 5) is 12.4. The van der Waals surface area contributed by atoms with E-state index >= 15 is 0 Å². The third-order valence-electron chi connectivity index (χ3n) is 5.24. The van der Waals surface area contributed by atoms with Gasteiger partial charge in [0.15, 0.2) is 0 Å². The number of halogens is 1. The summed E-state index contributed by atoms with van der Waals surface area (Å²) in [5.74, 6) is 0.0322. The highest BCUT2D eigenvalue weighted by atomic mass is 35.5. The number of allylic oxidation sites excluding steroid dienone is 1. The minimum Gasteiger partial charge on any atom is -0.465 e. The number of sulfonamides is 1. The van der Waals surface area contributed by atoms with Crippen LogP contribution in [0.1, 0.15) is 18.4 Å². The molecule has 0 bridgehead atoms. The summed E-state index contributed by atoms with van der Waals surface area (Å²) in [5.41, 5.74) is 2.00. The summed E-state index contributed by atoms with van der Waals surface area (Å²) >= 11 is 6.82. The quantitative estimate of drug-likeness (QED) is 0.576. The summed E-state index contributed by atoms with van der Waals surface area (Å²) < 4.78 is 33.2. The predicted octanol–water partition coefficient (Wildman–Crippen LogP) is 4.25. The Balaban J connectivity index is 1.51. The van der Waals surface area contributed by atoms with Gasteiger partial charge in [-0.25, -0.2) is 8.42 Å². The van der Waals surface area contributed by atoms with Crippen molar-refractivity contribution in [2.24, 2.45) is 11.3 Å². The first-order valence-corrected chi connectivity index (χ1v) is 11.2. The van der Waals surface area contributed by atoms with Gasteiger partial charge < -0.3 is 4.74 Å². The van der Waals surface area contributed by atoms with Crippen LogP contribution < -0.4 is 4.72 Å². The number of carbonyl (C=O) groups excluding carboxylic acids is 1. The predicted molar refractivity (Wildman–Crippen MR) is 106 cm³/mol. The fourth-order valence-corrected chi connectivity index (χ4v) is 6.51. The molecular weight excluding hydrogens is 406 g/mol. The van der Waals surface area contributed by atoms with Gasteiger partial charge in [-0.05, 0) is 49.1 Å². The van der Waals surface area contributed by atoms with E-state index in [0.29, 0.717) is 29.5 Å². The van der Waals surface area contributed by atoms with Crippen LogP contribution in [-0.4, -0.2) is 21.0 Å². The Hall–Kier alpha value is -1.83. The lowest BCUT2D eigenvalue weighted by molar-refractivity contribution is -0.146. The average molecular weight is 424 g/mol. The lowest BCUT2D eigenvalue weighted by Crippen LogP contribution is -2.31. The number of nitrogens with one attached hydrogen (secondary N) is 1. The van der Waals surface area contributed by atoms with Crippen molar-refractivity contribution in [3.63, 3.8) is 0 Å². The Labute approximate surface area is 167 Å². The van der Waals surface area contributed by atoms with Gasteiger partial charge in [-0.2, -0.15) is 0 Å². The van der Waals surface area contributed by atoms with Crippen LogP contribution in [-0.2, 0) is 26.0 Å². The van der Waals surface area contributed by atoms with Crippen LogP contribution in [0.2, 0.25) is 4.34 Å². The Bertz CT molecular complexity index is 1010. The van der Waals surface area contributed by atoms with Crippen LogP contribution in [0.25, 0.3) is 0 Å². The highest BCUT2D eigenvalue weighted by Crippen LogP contribution is 2.52. The van der Waals surface area contributed by atoms with Crippen LogP contribution in [0.4, 0.5) is 5.69 Å². The second-order valence-electron chi connectivity index (χ2n) is 7.12. The average Bonchev–Trinajstić information content (AvgIpc) is 3.25. The van der Waals surface area contributed by atoms with Crippen molar-refractivity contribution in [2.75, 3.05) is 11.3 Å². The zero-order valence-corrected chi connectivity index (χ0v) is 16.8. The zero-order chi connectivity index (χ0) is 19.2. The number of esters is 1. The summed E-state index contributed by atoms with van der Waals surface area (Å²) in [7, 11) is -3.66. The number of thiophene rings is 1. The first-order chi connectivity index (χ1) is 12.8. The van der Waals surface area contributed by atoms with Gasteiger partial charge in [-0.15, -0.1) is 11.3 Å². The number of anilines is 1. The maximum atomic E-state index is 12.4. The molecule has 1 aromatic heterocycles. The monoisotopic (exact) mass is 423 g/mol. The number of carbonyl (C=O) groups is 1. The summed E-state index contributed by atoms with van der Waals surface area (Å²) in [6, 6.07) is 10.1. The smallest absolute Gasteiger partial charge is 0.313 e. The van der Waals surface area contributed by atoms with E-state index in [1.165, 1.54) is 6.07 Å². The van der Waals surface area contributed by atoms with Gasteiger partial charge >= 0.3 is 5.97 Å². The molecule has 1 N–H and O–H groups in total. The first kappa shape index (κ1) is 18.5. The van der Waals surface area contributed by atoms with E-state index in [1.54, 1.807) is 18.2 Å². The molecule has 4 rings (SSSR count). The van der Waals surface area contributed by atoms with E-state index in [4.69, 9.17) is 16.3 Å². The number of hydrogen-bond acceptors (Lipinski definition) is 5. The fourth-order valence-electron chi connectivity index (χ4n) is 3.97. The third kappa shape index (κ3) is 3.39. The molecule has 2 aromatic rings. The number of cyclic esters (lactones) is 1. The van der Waals surface area contributed by atoms with E-state index in [1.807, 2.05) is 12.1 Å². The molecule has 2 heterocycles. The van der Waals surface area contributed by atoms with Crippen molar-refractivity contribution in [3.05, 3.63) is 58.5 Å². The summed E-state index contributed by atoms with van der Waals surface area (Å²) in [6.45, 7) is 4.51. The number of hydrogen-bond donors (Lipinski definition) is 1. The Morgan fingerprint density at radius 1 is 1.26 bits per heavy atom. The van der Waals surface area contributed by atoms with Crippen LogP contribution in [0.5, 0.6) is 0 Å². The lowest BCUT2D eigenvalue weighted by atomic mass is 9.75. The van der Waals surface area contributed by atoms with Crippen LogP contribution in [0.15, 0.2) is 52.8 Å². The molecule has 27 heavy (non-hydrogen) atoms. The molecule has 1 saturated heterocycles. The topological polar surface area (TPSA) is 72.5 Å². The summed E-state index contributed by atoms with van der Waals surface area (Å²) in [5, 5.41) is 0. The van der Waals surface area contributed by atoms with E-state index in [0.717, 1.165) is 28.9 Å². The van der Waals surface area contributed by atoms with Crippen molar-refractivity contribution in [1.29, 1.82) is 0 Å². The molecule has 0 spiro atoms. The molecule has 2 atom stereocenters. The minimum atomic E-state index is -3.66. The highest BCUT2D eigenvalue weighted by Gasteiger charge is 2.55. The molecule has 8 heteroatoms. The van der Waals surface area contributed by atoms with Crippen molar-refractivity contribution in [2.45, 2.75) is 23.5 Å². The van der Waals surface area contributed by atoms with E-state index in [-0.39, 0.29) is 16.1 Å². The second-order valence-corrected chi connectivity index (χ2v) is 10.7. The van der Waals surface area contributed by atoms with Gasteiger partial charge in [-0.1, -0.05) is 35.9 Å². The second kappa shape index (κ2) is 6.65. The van der Waals surface area contributed by atoms with Crippen molar-refractivity contribution < 1.29 is 17.9 Å². The van der Waals surface area contributed by atoms with Gasteiger partial charge in [0.25, 0.3) is 10.0 Å². The van der Waals surface area contributed by atoms with Crippen LogP contribution in [0.3, 0.4) is 0 Å². The molecule has 0 amide bonds. The molecule has 1 aromatic carbocycles. The molecule has 2 unspecified atom stereocenters. The fraction of sp³-hybridized carbons (Fsp3) is 0.316. The number of rotatable bonds is 5. The molecule has 0 radical (unpaired) electrons. The zero-order valence-electron chi connectivity index (χ0n) is 14.4. The molecule has 1 aliphatic carbocycles. The number of benzene rings is 1. The van der Waals surface area contributed by atoms with Crippen LogP contribution in [0, 0.1) is 11.3 Å². The molecule has 1 saturated carbocycles. The van der Waals surface area contributed by atoms with Crippen molar-refractivity contribution in [3.8, 4) is 0 Å². The maximum Gasteiger partial charge on any atom is 0.313 e. The molecule has 5 nitrogen and oxygen atoms in total. The Morgan fingerprint density at radius 2 is 2.00 bits per heavy atom. The largest absolute Gasteiger partial charge is 0.465 e. The highest BCUT2D eigenvalue weighted by molar-refractivity contribution is 7.94. The van der Waals surface area contributed by atoms with Gasteiger partial charge in [0.05, 0.1) is 16.4 Å². The van der Waals surface area contributed by atoms with E-state index in [2.05, 4.69) is 11.3 Å². The normalized spacial score (nSPS) is 24.7. The van der Waals surface area contributed by atoms with Gasteiger partial charge in [0.1, 0.15) is 4.21 Å². The van der Waals surface area contributed by atoms with Gasteiger partial charge in [0, 0.05) is 11.6 Å². The number of ether oxygens (including phenoxy) is 1. The molecule has 2 fully saturated rings. The standard InChI is InChI=1S/C19H18ClNO4S2/c1-12-8-14-11-25-18(22)19(14,9-12)10-13-2-4-15(5-3-13)21-27(23,24)17-7-6-16(20)26-17/h2-7,14,21H,1,8-11H2. The van der Waals surface area contributed by atoms with Gasteiger partial charge in [0.2, 0.25) is 0 Å². The maximum absolute atomic E-state index is 12.4. The SMILES string of the molecule is C=C1CC2COC(=O)C2(Cc2ccc(NS(=O)(=O)c3ccc(Cl)s3)cc2)C1. The van der Waals surface area contributed by atoms with Gasteiger partial charge in [-0.3, -0.25) is 9.52 Å². The Kier molecular flexibility index (Phi) is 4.56. The summed E-state index contributed by atoms with van der Waals surface area (Å²) in [6.07, 6.45) is 2.06. The van der Waals surface area contributed by atoms with Crippen molar-refractivity contribution in [1.82, 2.24) is 0 Å². The minimum absolute atomic E-state index is 0.148. The molecular formula is C19H18ClNO4S2. The van der Waals surface area contributed by atoms with E-state index < -0.39 is 15.4 Å². The van der Waals surface area contributed by atoms with E-state index in [9.17, 15) is 13.2 Å². The Morgan fingerprint density at radius 3 is 2.67 bits per heavy atom. The third-order valence-corrected chi connectivity index (χ3v) is 8.35. The van der Waals surface area contributed by atoms with Crippen molar-refractivity contribution >= 4 is 44.6 Å². The molecule has 142 valence electrons. The lowest BCUT2D eigenvalue weighted by Gasteiger charge is -2.24. The molecule has 1 aliphatic heterocycles. The number of fused-ring (bicyclic) bond motifs is 1. The van der Waals surface area contributed by atoms with Crippen LogP contribution >= 0.6 is 22.9 Å². The molecule has 2 aliphatic rings. The first-order valence-electron chi connectivity index (χ1n) is 8.49.